The highest BCUT2D eigenvalue weighted by atomic mass is 16.6. The fourth-order valence-electron chi connectivity index (χ4n) is 40.2. The van der Waals surface area contributed by atoms with Gasteiger partial charge in [0.15, 0.2) is 0 Å². The van der Waals surface area contributed by atoms with Gasteiger partial charge >= 0.3 is 35.8 Å². The second-order valence-corrected chi connectivity index (χ2v) is 56.7. The predicted octanol–water partition coefficient (Wildman–Crippen LogP) is 35.4. The van der Waals surface area contributed by atoms with Gasteiger partial charge < -0.3 is 28.4 Å². The molecule has 0 aromatic carbocycles. The Morgan fingerprint density at radius 2 is 0.486 bits per heavy atom. The van der Waals surface area contributed by atoms with Crippen LogP contribution in [0.15, 0.2) is 74.4 Å². The molecule has 816 valence electrons. The minimum Gasteiger partial charge on any atom is -0.455 e. The molecule has 0 heterocycles. The van der Waals surface area contributed by atoms with E-state index in [1.54, 1.807) is 20.8 Å². The van der Waals surface area contributed by atoms with E-state index in [1.165, 1.54) is 378 Å². The van der Waals surface area contributed by atoms with Crippen molar-refractivity contribution in [2.45, 2.75) is 545 Å². The summed E-state index contributed by atoms with van der Waals surface area (Å²) in [4.78, 5) is 74.4. The lowest BCUT2D eigenvalue weighted by atomic mass is 9.42. The summed E-state index contributed by atoms with van der Waals surface area (Å²) in [5, 5.41) is 0. The van der Waals surface area contributed by atoms with Crippen molar-refractivity contribution in [3.63, 3.8) is 0 Å². The monoisotopic (exact) mass is 1990 g/mol. The fraction of sp³-hybridized carbons (Fsp3) is 0.864. The molecule has 0 N–H and O–H groups in total. The van der Waals surface area contributed by atoms with Crippen molar-refractivity contribution in [1.29, 1.82) is 0 Å². The van der Waals surface area contributed by atoms with E-state index in [0.717, 1.165) is 47.8 Å². The van der Waals surface area contributed by atoms with Crippen LogP contribution >= 0.6 is 0 Å². The Labute approximate surface area is 881 Å². The fourth-order valence-corrected chi connectivity index (χ4v) is 40.2. The Kier molecular flexibility index (Phi) is 39.0. The molecule has 24 aliphatic carbocycles. The molecule has 24 rings (SSSR count). The van der Waals surface area contributed by atoms with Crippen molar-refractivity contribution in [3.8, 4) is 0 Å². The van der Waals surface area contributed by atoms with Crippen LogP contribution in [0.3, 0.4) is 0 Å². The normalized spacial score (nSPS) is 40.9. The largest absolute Gasteiger partial charge is 0.455 e. The summed E-state index contributed by atoms with van der Waals surface area (Å²) < 4.78 is 38.0. The van der Waals surface area contributed by atoms with Crippen LogP contribution in [0.1, 0.15) is 511 Å². The Morgan fingerprint density at radius 3 is 0.743 bits per heavy atom. The molecule has 0 amide bonds. The highest BCUT2D eigenvalue weighted by Gasteiger charge is 2.72. The van der Waals surface area contributed by atoms with E-state index in [4.69, 9.17) is 28.4 Å². The topological polar surface area (TPSA) is 158 Å². The van der Waals surface area contributed by atoms with Crippen LogP contribution in [0.4, 0.5) is 0 Å². The molecule has 144 heavy (non-hydrogen) atoms. The number of carbonyl (C=O) groups excluding carboxylic acids is 6. The van der Waals surface area contributed by atoms with Crippen LogP contribution in [0.5, 0.6) is 0 Å². The molecule has 16 unspecified atom stereocenters. The molecule has 24 aliphatic rings. The molecular weight excluding hydrogens is 1780 g/mol. The summed E-state index contributed by atoms with van der Waals surface area (Å²) in [5.74, 6) is 14.2. The maximum atomic E-state index is 12.6. The van der Waals surface area contributed by atoms with Gasteiger partial charge in [-0.3, -0.25) is 0 Å². The highest BCUT2D eigenvalue weighted by molar-refractivity contribution is 5.88. The first-order valence-electron chi connectivity index (χ1n) is 61.5. The van der Waals surface area contributed by atoms with E-state index in [2.05, 4.69) is 164 Å². The second kappa shape index (κ2) is 48.3. The number of esters is 6. The highest BCUT2D eigenvalue weighted by Crippen LogP contribution is 2.74. The lowest BCUT2D eigenvalue weighted by Crippen LogP contribution is -2.65. The molecule has 0 aromatic rings. The molecule has 0 aromatic heterocycles. The van der Waals surface area contributed by atoms with E-state index in [-0.39, 0.29) is 69.4 Å². The van der Waals surface area contributed by atoms with Crippen LogP contribution in [0.25, 0.3) is 0 Å². The van der Waals surface area contributed by atoms with Gasteiger partial charge in [0.25, 0.3) is 0 Å². The van der Waals surface area contributed by atoms with Gasteiger partial charge in [0.05, 0.1) is 0 Å². The van der Waals surface area contributed by atoms with E-state index < -0.39 is 0 Å². The van der Waals surface area contributed by atoms with Gasteiger partial charge in [-0.05, 0) is 387 Å². The molecule has 16 atom stereocenters. The van der Waals surface area contributed by atoms with Crippen LogP contribution in [-0.2, 0) is 57.2 Å². The summed E-state index contributed by atoms with van der Waals surface area (Å²) >= 11 is 0. The van der Waals surface area contributed by atoms with E-state index in [9.17, 15) is 28.8 Å². The van der Waals surface area contributed by atoms with Gasteiger partial charge in [0.1, 0.15) is 33.6 Å². The standard InChI is InChI=1S/2C23H38O2.2C22H36O2.2C21H34O2/c1-7-16(4)8-9-17(5)23(25-21(24)15(2)3)19-10-18-11-20(23)14-22(6,12-18)13-19;1-6-7-8-9-10-17(4)23(25-21(24)16(2)3)19-11-18-12-20(23)15-22(5,13-18)14-19;1-6-8-17(9-7-2)22(24-20(23)15(3)4)18-10-16-11-19(22)14-21(5,12-16)13-18;1-5-7-8-9-10-16(3)22(24-20(23)6-2)18-11-17-12-19(22)15-21(4,13-17)14-18;1-5-8-16(9-6-2)21(23-19(22)7-3)17-10-15-11-18(21)14-20(4,12-15)13-17;1-4-6-7-8-9-10-21(23-19(22)5-2)17-11-16-12-18(21)15-20(3,13-16)14-17/h16-20H,2,7-14H2,1,3-6H3;17-20H,2,6-15H2,1,3-5H3;16-19H,3,6-14H2,1-2,4-5H3;6,16-19H,2,5,7-15H2,1,3-4H3;7,15-18H,3,5-6,8-14H2,1-2,4H3;5,16-18H,2,4,6-15H2,1,3H3. The Balaban J connectivity index is 0.000000145. The molecule has 0 radical (unpaired) electrons. The van der Waals surface area contributed by atoms with Gasteiger partial charge in [-0.2, -0.15) is 0 Å². The summed E-state index contributed by atoms with van der Waals surface area (Å²) in [6.45, 7) is 70.3. The first-order chi connectivity index (χ1) is 68.3. The minimum absolute atomic E-state index is 0.148. The van der Waals surface area contributed by atoms with Crippen LogP contribution in [-0.4, -0.2) is 69.4 Å². The predicted molar refractivity (Wildman–Crippen MR) is 592 cm³/mol. The smallest absolute Gasteiger partial charge is 0.333 e. The molecule has 24 saturated carbocycles. The van der Waals surface area contributed by atoms with Gasteiger partial charge in [-0.1, -0.05) is 280 Å². The van der Waals surface area contributed by atoms with Crippen molar-refractivity contribution in [3.05, 3.63) is 74.4 Å². The van der Waals surface area contributed by atoms with Crippen molar-refractivity contribution in [2.24, 2.45) is 175 Å². The average molecular weight is 2000 g/mol. The quantitative estimate of drug-likeness (QED) is 0.0246. The third-order valence-electron chi connectivity index (χ3n) is 44.5. The number of carbonyl (C=O) groups is 6. The molecule has 12 nitrogen and oxygen atoms in total. The lowest BCUT2D eigenvalue weighted by Gasteiger charge is -2.66. The molecule has 12 heteroatoms. The van der Waals surface area contributed by atoms with E-state index >= 15 is 0 Å². The third kappa shape index (κ3) is 24.5. The van der Waals surface area contributed by atoms with Gasteiger partial charge in [0, 0.05) is 94.1 Å². The maximum absolute atomic E-state index is 12.6. The number of ether oxygens (including phenoxy) is 6. The third-order valence-corrected chi connectivity index (χ3v) is 44.5. The molecular formula is C132H216O12. The summed E-state index contributed by atoms with van der Waals surface area (Å²) in [6.07, 6.45) is 76.2. The summed E-state index contributed by atoms with van der Waals surface area (Å²) in [6, 6.07) is 0. The zero-order chi connectivity index (χ0) is 105. The molecule has 24 bridgehead atoms. The van der Waals surface area contributed by atoms with Crippen molar-refractivity contribution >= 4 is 35.8 Å². The van der Waals surface area contributed by atoms with E-state index in [1.807, 2.05) is 0 Å². The van der Waals surface area contributed by atoms with Crippen LogP contribution in [0.2, 0.25) is 0 Å². The minimum atomic E-state index is -0.236. The SMILES string of the molecule is C=C(C)C(=O)OC1(C(C)CCC(C)CC)C2CC3CC1CC(C)(C3)C2.C=C(C)C(=O)OC1(C(C)CCCCCC)C2CC3CC1CC(C)(C3)C2.C=C(C)C(=O)OC1(C(CCC)CCC)C2CC3CC1CC(C)(C3)C2.C=CC(=O)OC1(C(C)CCCCCC)C2CC3CC1CC(C)(C3)C2.C=CC(=O)OC1(C(CCC)CCC)C2CC3CC1CC(C)(C3)C2.C=CC(=O)OC1(CCCCCCC)C2CC3CC1CC(C)(C3)C2. The van der Waals surface area contributed by atoms with Crippen LogP contribution in [0, 0.1) is 175 Å². The van der Waals surface area contributed by atoms with Crippen molar-refractivity contribution in [2.75, 3.05) is 0 Å². The van der Waals surface area contributed by atoms with Gasteiger partial charge in [-0.15, -0.1) is 0 Å². The maximum Gasteiger partial charge on any atom is 0.333 e. The van der Waals surface area contributed by atoms with E-state index in [0.29, 0.717) is 150 Å². The molecule has 0 aliphatic heterocycles. The first-order valence-corrected chi connectivity index (χ1v) is 61.5. The molecule has 24 fully saturated rings. The first kappa shape index (κ1) is 116. The second-order valence-electron chi connectivity index (χ2n) is 56.7. The Bertz CT molecular complexity index is 4240. The average Bonchev–Trinajstić information content (AvgIpc) is 0.721. The number of unbranched alkanes of at least 4 members (excludes halogenated alkanes) is 10. The number of hydrogen-bond donors (Lipinski definition) is 0. The van der Waals surface area contributed by atoms with Gasteiger partial charge in [-0.25, -0.2) is 28.8 Å². The number of hydrogen-bond acceptors (Lipinski definition) is 12. The number of rotatable bonds is 45. The lowest BCUT2D eigenvalue weighted by molar-refractivity contribution is -0.241. The Hall–Kier alpha value is -4.74. The molecule has 0 saturated heterocycles. The Morgan fingerprint density at radius 1 is 0.264 bits per heavy atom. The van der Waals surface area contributed by atoms with Crippen molar-refractivity contribution < 1.29 is 57.2 Å². The molecule has 0 spiro atoms. The van der Waals surface area contributed by atoms with Crippen LogP contribution < -0.4 is 0 Å². The summed E-state index contributed by atoms with van der Waals surface area (Å²) in [7, 11) is 0. The van der Waals surface area contributed by atoms with Gasteiger partial charge in [0.2, 0.25) is 0 Å². The zero-order valence-corrected chi connectivity index (χ0v) is 96.5. The van der Waals surface area contributed by atoms with Crippen molar-refractivity contribution in [1.82, 2.24) is 0 Å². The zero-order valence-electron chi connectivity index (χ0n) is 96.5. The summed E-state index contributed by atoms with van der Waals surface area (Å²) in [5.41, 5.74) is 3.41.